The van der Waals surface area contributed by atoms with E-state index in [1.165, 1.54) is 12.8 Å². The number of nitrogens with one attached hydrogen (secondary N) is 2. The van der Waals surface area contributed by atoms with Crippen molar-refractivity contribution in [3.63, 3.8) is 0 Å². The Hall–Kier alpha value is -1.32. The van der Waals surface area contributed by atoms with Gasteiger partial charge in [-0.3, -0.25) is 0 Å². The van der Waals surface area contributed by atoms with Gasteiger partial charge in [0.1, 0.15) is 17.5 Å². The largest absolute Gasteiger partial charge is 0.370 e. The molecule has 0 fully saturated rings. The van der Waals surface area contributed by atoms with Gasteiger partial charge in [-0.15, -0.1) is 0 Å². The van der Waals surface area contributed by atoms with Gasteiger partial charge in [0.25, 0.3) is 0 Å². The zero-order valence-electron chi connectivity index (χ0n) is 14.6. The molecule has 0 spiro atoms. The van der Waals surface area contributed by atoms with Crippen molar-refractivity contribution in [2.45, 2.75) is 73.3 Å². The van der Waals surface area contributed by atoms with Crippen LogP contribution in [0.25, 0.3) is 0 Å². The van der Waals surface area contributed by atoms with Crippen molar-refractivity contribution in [3.8, 4) is 0 Å². The second-order valence-electron chi connectivity index (χ2n) is 6.26. The Kier molecular flexibility index (Phi) is 7.48. The second-order valence-corrected chi connectivity index (χ2v) is 6.26. The molecule has 4 nitrogen and oxygen atoms in total. The number of nitrogens with zero attached hydrogens (tertiary/aromatic N) is 2. The summed E-state index contributed by atoms with van der Waals surface area (Å²) in [6.45, 7) is 14.1. The predicted octanol–water partition coefficient (Wildman–Crippen LogP) is 4.41. The number of aryl methyl sites for hydroxylation is 1. The molecule has 1 aromatic heterocycles. The fourth-order valence-electron chi connectivity index (χ4n) is 2.17. The maximum atomic E-state index is 4.66. The van der Waals surface area contributed by atoms with Gasteiger partial charge in [0.15, 0.2) is 0 Å². The van der Waals surface area contributed by atoms with Gasteiger partial charge in [-0.1, -0.05) is 27.7 Å². The first-order valence-electron chi connectivity index (χ1n) is 8.35. The van der Waals surface area contributed by atoms with Crippen molar-refractivity contribution < 1.29 is 0 Å². The van der Waals surface area contributed by atoms with Crippen LogP contribution in [-0.2, 0) is 6.42 Å². The van der Waals surface area contributed by atoms with Crippen molar-refractivity contribution in [2.75, 3.05) is 17.2 Å². The molecule has 0 aliphatic rings. The van der Waals surface area contributed by atoms with Gasteiger partial charge < -0.3 is 10.6 Å². The molecule has 1 atom stereocenters. The van der Waals surface area contributed by atoms with Crippen LogP contribution in [0.15, 0.2) is 0 Å². The van der Waals surface area contributed by atoms with E-state index >= 15 is 0 Å². The third-order valence-electron chi connectivity index (χ3n) is 3.61. The van der Waals surface area contributed by atoms with Crippen molar-refractivity contribution >= 4 is 11.6 Å². The topological polar surface area (TPSA) is 49.8 Å². The summed E-state index contributed by atoms with van der Waals surface area (Å²) in [5.74, 6) is 3.60. The lowest BCUT2D eigenvalue weighted by atomic mass is 10.0. The molecule has 0 aromatic carbocycles. The molecule has 0 amide bonds. The summed E-state index contributed by atoms with van der Waals surface area (Å²) in [4.78, 5) is 9.27. The number of hydrogen-bond donors (Lipinski definition) is 2. The molecule has 21 heavy (non-hydrogen) atoms. The lowest BCUT2D eigenvalue weighted by molar-refractivity contribution is 0.527. The van der Waals surface area contributed by atoms with E-state index in [4.69, 9.17) is 0 Å². The van der Waals surface area contributed by atoms with E-state index in [9.17, 15) is 0 Å². The van der Waals surface area contributed by atoms with Gasteiger partial charge >= 0.3 is 0 Å². The molecule has 2 N–H and O–H groups in total. The van der Waals surface area contributed by atoms with Crippen molar-refractivity contribution in [1.82, 2.24) is 9.97 Å². The van der Waals surface area contributed by atoms with Crippen LogP contribution in [0, 0.1) is 12.8 Å². The summed E-state index contributed by atoms with van der Waals surface area (Å²) in [7, 11) is 0. The van der Waals surface area contributed by atoms with Gasteiger partial charge in [0, 0.05) is 24.6 Å². The van der Waals surface area contributed by atoms with E-state index in [1.54, 1.807) is 0 Å². The Morgan fingerprint density at radius 3 is 2.24 bits per heavy atom. The number of hydrogen-bond acceptors (Lipinski definition) is 4. The van der Waals surface area contributed by atoms with Gasteiger partial charge in [-0.2, -0.15) is 0 Å². The van der Waals surface area contributed by atoms with Crippen molar-refractivity contribution in [2.24, 2.45) is 5.92 Å². The van der Waals surface area contributed by atoms with E-state index in [0.29, 0.717) is 6.04 Å². The Labute approximate surface area is 130 Å². The first kappa shape index (κ1) is 17.7. The lowest BCUT2D eigenvalue weighted by Gasteiger charge is -2.19. The maximum absolute atomic E-state index is 4.66. The smallest absolute Gasteiger partial charge is 0.134 e. The molecular weight excluding hydrogens is 260 g/mol. The average Bonchev–Trinajstić information content (AvgIpc) is 2.45. The minimum atomic E-state index is 0.435. The Morgan fingerprint density at radius 2 is 1.67 bits per heavy atom. The molecule has 0 aliphatic heterocycles. The highest BCUT2D eigenvalue weighted by Crippen LogP contribution is 2.22. The zero-order chi connectivity index (χ0) is 15.8. The molecule has 4 heteroatoms. The van der Waals surface area contributed by atoms with E-state index < -0.39 is 0 Å². The molecule has 0 saturated heterocycles. The fourth-order valence-corrected chi connectivity index (χ4v) is 2.17. The molecule has 1 heterocycles. The quantitative estimate of drug-likeness (QED) is 0.708. The van der Waals surface area contributed by atoms with Crippen molar-refractivity contribution in [1.29, 1.82) is 0 Å². The Morgan fingerprint density at radius 1 is 1.00 bits per heavy atom. The molecule has 0 saturated carbocycles. The standard InChI is InChI=1S/C17H32N4/c1-7-11-18-16-14(6)17(21-15(8-2)20-16)19-13(5)10-9-12(3)4/h12-13H,7-11H2,1-6H3,(H2,18,19,20,21). The molecular formula is C17H32N4. The van der Waals surface area contributed by atoms with Gasteiger partial charge in [0.05, 0.1) is 0 Å². The average molecular weight is 292 g/mol. The van der Waals surface area contributed by atoms with Crippen LogP contribution in [0.1, 0.15) is 65.3 Å². The molecule has 1 aromatic rings. The molecule has 1 rings (SSSR count). The third-order valence-corrected chi connectivity index (χ3v) is 3.61. The van der Waals surface area contributed by atoms with Crippen LogP contribution in [0.5, 0.6) is 0 Å². The highest BCUT2D eigenvalue weighted by molar-refractivity contribution is 5.57. The summed E-state index contributed by atoms with van der Waals surface area (Å²) in [5.41, 5.74) is 1.12. The summed E-state index contributed by atoms with van der Waals surface area (Å²) in [6.07, 6.45) is 4.36. The third kappa shape index (κ3) is 5.90. The van der Waals surface area contributed by atoms with Gasteiger partial charge in [0.2, 0.25) is 0 Å². The van der Waals surface area contributed by atoms with Crippen LogP contribution in [0.3, 0.4) is 0 Å². The molecule has 0 aliphatic carbocycles. The van der Waals surface area contributed by atoms with Crippen LogP contribution in [0.2, 0.25) is 0 Å². The Bertz CT molecular complexity index is 429. The first-order chi connectivity index (χ1) is 9.97. The fraction of sp³-hybridized carbons (Fsp3) is 0.765. The van der Waals surface area contributed by atoms with E-state index in [-0.39, 0.29) is 0 Å². The van der Waals surface area contributed by atoms with Gasteiger partial charge in [-0.25, -0.2) is 9.97 Å². The van der Waals surface area contributed by atoms with Crippen LogP contribution >= 0.6 is 0 Å². The summed E-state index contributed by atoms with van der Waals surface area (Å²) < 4.78 is 0. The number of anilines is 2. The molecule has 0 radical (unpaired) electrons. The SMILES string of the molecule is CCCNc1nc(CC)nc(NC(C)CCC(C)C)c1C. The molecule has 1 unspecified atom stereocenters. The van der Waals surface area contributed by atoms with E-state index in [1.807, 2.05) is 0 Å². The van der Waals surface area contributed by atoms with Crippen LogP contribution < -0.4 is 10.6 Å². The summed E-state index contributed by atoms with van der Waals surface area (Å²) >= 11 is 0. The highest BCUT2D eigenvalue weighted by atomic mass is 15.1. The molecule has 0 bridgehead atoms. The zero-order valence-corrected chi connectivity index (χ0v) is 14.6. The van der Waals surface area contributed by atoms with Gasteiger partial charge in [-0.05, 0) is 39.0 Å². The van der Waals surface area contributed by atoms with Crippen LogP contribution in [0.4, 0.5) is 11.6 Å². The number of aromatic nitrogens is 2. The minimum Gasteiger partial charge on any atom is -0.370 e. The molecule has 120 valence electrons. The second kappa shape index (κ2) is 8.85. The van der Waals surface area contributed by atoms with E-state index in [0.717, 1.165) is 48.3 Å². The number of rotatable bonds is 9. The monoisotopic (exact) mass is 292 g/mol. The minimum absolute atomic E-state index is 0.435. The Balaban J connectivity index is 2.84. The highest BCUT2D eigenvalue weighted by Gasteiger charge is 2.12. The summed E-state index contributed by atoms with van der Waals surface area (Å²) in [5, 5.41) is 6.98. The van der Waals surface area contributed by atoms with Crippen LogP contribution in [-0.4, -0.2) is 22.6 Å². The maximum Gasteiger partial charge on any atom is 0.134 e. The first-order valence-corrected chi connectivity index (χ1v) is 8.35. The normalized spacial score (nSPS) is 12.5. The van der Waals surface area contributed by atoms with E-state index in [2.05, 4.69) is 62.1 Å². The summed E-state index contributed by atoms with van der Waals surface area (Å²) in [6, 6.07) is 0.435. The predicted molar refractivity (Wildman–Crippen MR) is 92.1 cm³/mol. The van der Waals surface area contributed by atoms with Crippen molar-refractivity contribution in [3.05, 3.63) is 11.4 Å². The lowest BCUT2D eigenvalue weighted by Crippen LogP contribution is -2.19.